The van der Waals surface area contributed by atoms with Gasteiger partial charge in [0.05, 0.1) is 12.2 Å². The smallest absolute Gasteiger partial charge is 0.335 e. The van der Waals surface area contributed by atoms with Gasteiger partial charge in [-0.05, 0) is 18.6 Å². The molecule has 0 spiro atoms. The summed E-state index contributed by atoms with van der Waals surface area (Å²) in [6.45, 7) is 2.36. The van der Waals surface area contributed by atoms with Crippen LogP contribution >= 0.6 is 0 Å². The first kappa shape index (κ1) is 10.9. The van der Waals surface area contributed by atoms with Crippen LogP contribution in [-0.4, -0.2) is 35.8 Å². The van der Waals surface area contributed by atoms with E-state index in [4.69, 9.17) is 9.84 Å². The van der Waals surface area contributed by atoms with E-state index in [0.29, 0.717) is 11.7 Å². The van der Waals surface area contributed by atoms with Crippen molar-refractivity contribution >= 4 is 11.8 Å². The first-order chi connectivity index (χ1) is 7.75. The molecule has 0 aliphatic carbocycles. The van der Waals surface area contributed by atoms with Crippen molar-refractivity contribution in [1.29, 1.82) is 0 Å². The van der Waals surface area contributed by atoms with Crippen molar-refractivity contribution in [1.82, 2.24) is 4.98 Å². The molecule has 1 aromatic heterocycles. The number of rotatable bonds is 4. The number of nitrogens with one attached hydrogen (secondary N) is 1. The Bertz CT molecular complexity index is 375. The normalized spacial score (nSPS) is 19.6. The van der Waals surface area contributed by atoms with Crippen molar-refractivity contribution in [2.75, 3.05) is 25.1 Å². The number of carboxylic acids is 1. The zero-order valence-electron chi connectivity index (χ0n) is 8.85. The van der Waals surface area contributed by atoms with E-state index < -0.39 is 5.97 Å². The minimum Gasteiger partial charge on any atom is -0.478 e. The Balaban J connectivity index is 1.93. The molecule has 2 N–H and O–H groups in total. The molecule has 0 bridgehead atoms. The number of hydrogen-bond acceptors (Lipinski definition) is 4. The molecule has 5 heteroatoms. The molecule has 1 fully saturated rings. The lowest BCUT2D eigenvalue weighted by Crippen LogP contribution is -2.15. The second-order valence-corrected chi connectivity index (χ2v) is 3.85. The van der Waals surface area contributed by atoms with E-state index in [1.54, 1.807) is 0 Å². The summed E-state index contributed by atoms with van der Waals surface area (Å²) in [5.41, 5.74) is 0.250. The van der Waals surface area contributed by atoms with Crippen LogP contribution in [0.25, 0.3) is 0 Å². The number of carboxylic acid groups (broad SMARTS) is 1. The molecule has 1 unspecified atom stereocenters. The van der Waals surface area contributed by atoms with Gasteiger partial charge in [0.1, 0.15) is 5.82 Å². The van der Waals surface area contributed by atoms with Crippen LogP contribution < -0.4 is 5.32 Å². The zero-order chi connectivity index (χ0) is 11.4. The number of pyridine rings is 1. The molecule has 2 rings (SSSR count). The van der Waals surface area contributed by atoms with E-state index in [0.717, 1.165) is 26.2 Å². The zero-order valence-corrected chi connectivity index (χ0v) is 8.85. The molecule has 0 amide bonds. The van der Waals surface area contributed by atoms with Gasteiger partial charge in [0, 0.05) is 25.3 Å². The number of aromatic nitrogens is 1. The summed E-state index contributed by atoms with van der Waals surface area (Å²) in [4.78, 5) is 14.8. The van der Waals surface area contributed by atoms with Gasteiger partial charge in [-0.3, -0.25) is 0 Å². The average Bonchev–Trinajstić information content (AvgIpc) is 2.79. The molecule has 1 aliphatic rings. The molecule has 1 aromatic rings. The quantitative estimate of drug-likeness (QED) is 0.801. The van der Waals surface area contributed by atoms with Crippen LogP contribution in [0.4, 0.5) is 5.82 Å². The SMILES string of the molecule is O=C(O)c1ccnc(NCC2CCOC2)c1. The number of aromatic carboxylic acids is 1. The molecule has 16 heavy (non-hydrogen) atoms. The van der Waals surface area contributed by atoms with Crippen LogP contribution in [0, 0.1) is 5.92 Å². The Kier molecular flexibility index (Phi) is 3.36. The number of nitrogens with zero attached hydrogens (tertiary/aromatic N) is 1. The van der Waals surface area contributed by atoms with Gasteiger partial charge >= 0.3 is 5.97 Å². The Morgan fingerprint density at radius 2 is 2.56 bits per heavy atom. The lowest BCUT2D eigenvalue weighted by Gasteiger charge is -2.09. The predicted octanol–water partition coefficient (Wildman–Crippen LogP) is 1.23. The first-order valence-electron chi connectivity index (χ1n) is 5.26. The summed E-state index contributed by atoms with van der Waals surface area (Å²) in [6, 6.07) is 3.02. The third-order valence-corrected chi connectivity index (χ3v) is 2.60. The van der Waals surface area contributed by atoms with Crippen molar-refractivity contribution in [3.05, 3.63) is 23.9 Å². The summed E-state index contributed by atoms with van der Waals surface area (Å²) in [6.07, 6.45) is 2.54. The van der Waals surface area contributed by atoms with Crippen LogP contribution in [0.1, 0.15) is 16.8 Å². The molecule has 5 nitrogen and oxygen atoms in total. The number of anilines is 1. The van der Waals surface area contributed by atoms with Gasteiger partial charge < -0.3 is 15.2 Å². The van der Waals surface area contributed by atoms with Crippen molar-refractivity contribution in [2.45, 2.75) is 6.42 Å². The molecule has 0 saturated carbocycles. The summed E-state index contributed by atoms with van der Waals surface area (Å²) < 4.78 is 5.25. The molecule has 1 atom stereocenters. The van der Waals surface area contributed by atoms with Crippen molar-refractivity contribution in [2.24, 2.45) is 5.92 Å². The highest BCUT2D eigenvalue weighted by Gasteiger charge is 2.15. The fourth-order valence-corrected chi connectivity index (χ4v) is 1.65. The van der Waals surface area contributed by atoms with Gasteiger partial charge in [-0.15, -0.1) is 0 Å². The molecular formula is C11H14N2O3. The fourth-order valence-electron chi connectivity index (χ4n) is 1.65. The van der Waals surface area contributed by atoms with Crippen LogP contribution in [0.3, 0.4) is 0 Å². The molecular weight excluding hydrogens is 208 g/mol. The summed E-state index contributed by atoms with van der Waals surface area (Å²) in [5, 5.41) is 11.9. The predicted molar refractivity (Wildman–Crippen MR) is 58.6 cm³/mol. The van der Waals surface area contributed by atoms with Crippen LogP contribution in [0.5, 0.6) is 0 Å². The first-order valence-corrected chi connectivity index (χ1v) is 5.26. The second-order valence-electron chi connectivity index (χ2n) is 3.85. The van der Waals surface area contributed by atoms with Crippen molar-refractivity contribution < 1.29 is 14.6 Å². The molecule has 0 radical (unpaired) electrons. The van der Waals surface area contributed by atoms with Gasteiger partial charge in [-0.1, -0.05) is 0 Å². The van der Waals surface area contributed by atoms with Crippen molar-refractivity contribution in [3.63, 3.8) is 0 Å². The average molecular weight is 222 g/mol. The highest BCUT2D eigenvalue weighted by molar-refractivity contribution is 5.88. The summed E-state index contributed by atoms with van der Waals surface area (Å²) >= 11 is 0. The third-order valence-electron chi connectivity index (χ3n) is 2.60. The van der Waals surface area contributed by atoms with E-state index in [1.165, 1.54) is 18.3 Å². The standard InChI is InChI=1S/C11H14N2O3/c14-11(15)9-1-3-12-10(5-9)13-6-8-2-4-16-7-8/h1,3,5,8H,2,4,6-7H2,(H,12,13)(H,14,15). The largest absolute Gasteiger partial charge is 0.478 e. The van der Waals surface area contributed by atoms with E-state index in [9.17, 15) is 4.79 Å². The molecule has 1 aliphatic heterocycles. The van der Waals surface area contributed by atoms with Crippen LogP contribution in [-0.2, 0) is 4.74 Å². The van der Waals surface area contributed by atoms with Crippen LogP contribution in [0.2, 0.25) is 0 Å². The molecule has 1 saturated heterocycles. The highest BCUT2D eigenvalue weighted by atomic mass is 16.5. The number of hydrogen-bond donors (Lipinski definition) is 2. The molecule has 2 heterocycles. The monoisotopic (exact) mass is 222 g/mol. The van der Waals surface area contributed by atoms with Crippen LogP contribution in [0.15, 0.2) is 18.3 Å². The maximum Gasteiger partial charge on any atom is 0.335 e. The maximum atomic E-state index is 10.7. The third kappa shape index (κ3) is 2.70. The number of carbonyl (C=O) groups is 1. The van der Waals surface area contributed by atoms with Crippen molar-refractivity contribution in [3.8, 4) is 0 Å². The highest BCUT2D eigenvalue weighted by Crippen LogP contribution is 2.13. The fraction of sp³-hybridized carbons (Fsp3) is 0.455. The lowest BCUT2D eigenvalue weighted by molar-refractivity contribution is 0.0697. The van der Waals surface area contributed by atoms with Gasteiger partial charge in [-0.25, -0.2) is 9.78 Å². The minimum absolute atomic E-state index is 0.250. The van der Waals surface area contributed by atoms with E-state index >= 15 is 0 Å². The van der Waals surface area contributed by atoms with E-state index in [-0.39, 0.29) is 5.56 Å². The summed E-state index contributed by atoms with van der Waals surface area (Å²) in [5.74, 6) is 0.164. The maximum absolute atomic E-state index is 10.7. The Hall–Kier alpha value is -1.62. The van der Waals surface area contributed by atoms with Gasteiger partial charge in [-0.2, -0.15) is 0 Å². The Labute approximate surface area is 93.5 Å². The van der Waals surface area contributed by atoms with E-state index in [1.807, 2.05) is 0 Å². The summed E-state index contributed by atoms with van der Waals surface area (Å²) in [7, 11) is 0. The minimum atomic E-state index is -0.936. The number of ether oxygens (including phenoxy) is 1. The topological polar surface area (TPSA) is 71.5 Å². The lowest BCUT2D eigenvalue weighted by atomic mass is 10.1. The second kappa shape index (κ2) is 4.94. The van der Waals surface area contributed by atoms with Gasteiger partial charge in [0.15, 0.2) is 0 Å². The Morgan fingerprint density at radius 1 is 1.69 bits per heavy atom. The van der Waals surface area contributed by atoms with Gasteiger partial charge in [0.2, 0.25) is 0 Å². The Morgan fingerprint density at radius 3 is 3.25 bits per heavy atom. The molecule has 86 valence electrons. The molecule has 0 aromatic carbocycles. The van der Waals surface area contributed by atoms with Gasteiger partial charge in [0.25, 0.3) is 0 Å². The van der Waals surface area contributed by atoms with E-state index in [2.05, 4.69) is 10.3 Å².